The molecule has 1 aliphatic heterocycles. The lowest BCUT2D eigenvalue weighted by molar-refractivity contribution is -0.127. The Morgan fingerprint density at radius 1 is 1.33 bits per heavy atom. The third-order valence-corrected chi connectivity index (χ3v) is 3.92. The molecule has 1 atom stereocenters. The molecule has 0 spiro atoms. The lowest BCUT2D eigenvalue weighted by atomic mass is 10.3. The first-order valence-corrected chi connectivity index (χ1v) is 8.35. The number of hydrogen-bond donors (Lipinski definition) is 1. The van der Waals surface area contributed by atoms with Crippen LogP contribution in [0.5, 0.6) is 17.2 Å². The molecule has 9 nitrogen and oxygen atoms in total. The molecular weight excluding hydrogens is 350 g/mol. The number of amides is 1. The van der Waals surface area contributed by atoms with Crippen molar-refractivity contribution in [2.24, 2.45) is 0 Å². The lowest BCUT2D eigenvalue weighted by Gasteiger charge is -2.14. The highest BCUT2D eigenvalue weighted by molar-refractivity contribution is 5.80. The predicted molar refractivity (Wildman–Crippen MR) is 93.7 cm³/mol. The molecule has 0 aliphatic carbocycles. The molecule has 0 bridgehead atoms. The van der Waals surface area contributed by atoms with Crippen LogP contribution < -0.4 is 19.5 Å². The van der Waals surface area contributed by atoms with Crippen molar-refractivity contribution in [2.75, 3.05) is 6.79 Å². The van der Waals surface area contributed by atoms with Gasteiger partial charge in [0.05, 0.1) is 24.6 Å². The van der Waals surface area contributed by atoms with E-state index in [9.17, 15) is 4.79 Å². The fourth-order valence-corrected chi connectivity index (χ4v) is 2.52. The van der Waals surface area contributed by atoms with Gasteiger partial charge in [0.25, 0.3) is 5.91 Å². The molecule has 27 heavy (non-hydrogen) atoms. The summed E-state index contributed by atoms with van der Waals surface area (Å²) < 4.78 is 17.8. The van der Waals surface area contributed by atoms with Crippen molar-refractivity contribution >= 4 is 5.91 Å². The van der Waals surface area contributed by atoms with Gasteiger partial charge < -0.3 is 19.5 Å². The molecule has 1 aromatic carbocycles. The van der Waals surface area contributed by atoms with E-state index in [-0.39, 0.29) is 19.2 Å². The fourth-order valence-electron chi connectivity index (χ4n) is 2.52. The Morgan fingerprint density at radius 2 is 2.22 bits per heavy atom. The third-order valence-electron chi connectivity index (χ3n) is 3.92. The minimum atomic E-state index is -0.682. The summed E-state index contributed by atoms with van der Waals surface area (Å²) in [6.45, 7) is 2.11. The van der Waals surface area contributed by atoms with Gasteiger partial charge in [-0.25, -0.2) is 4.68 Å². The van der Waals surface area contributed by atoms with E-state index in [4.69, 9.17) is 14.2 Å². The van der Waals surface area contributed by atoms with Crippen molar-refractivity contribution in [3.8, 4) is 22.9 Å². The van der Waals surface area contributed by atoms with E-state index in [1.165, 1.54) is 0 Å². The van der Waals surface area contributed by atoms with Gasteiger partial charge in [-0.3, -0.25) is 9.78 Å². The van der Waals surface area contributed by atoms with Crippen LogP contribution in [-0.4, -0.2) is 38.8 Å². The summed E-state index contributed by atoms with van der Waals surface area (Å²) in [5.41, 5.74) is 1.42. The summed E-state index contributed by atoms with van der Waals surface area (Å²) in [4.78, 5) is 16.3. The zero-order valence-electron chi connectivity index (χ0n) is 14.5. The number of pyridine rings is 1. The molecule has 4 rings (SSSR count). The maximum atomic E-state index is 12.3. The first-order valence-electron chi connectivity index (χ1n) is 8.35. The van der Waals surface area contributed by atoms with Crippen LogP contribution in [0.15, 0.2) is 48.9 Å². The van der Waals surface area contributed by atoms with Crippen LogP contribution in [0.2, 0.25) is 0 Å². The molecule has 1 aliphatic rings. The van der Waals surface area contributed by atoms with Crippen LogP contribution in [0.4, 0.5) is 0 Å². The number of aromatic nitrogens is 4. The molecule has 3 aromatic rings. The van der Waals surface area contributed by atoms with Crippen molar-refractivity contribution in [3.05, 3.63) is 54.6 Å². The predicted octanol–water partition coefficient (Wildman–Crippen LogP) is 1.47. The summed E-state index contributed by atoms with van der Waals surface area (Å²) in [5, 5.41) is 10.9. The lowest BCUT2D eigenvalue weighted by Crippen LogP contribution is -2.36. The standard InChI is InChI=1S/C18H17N5O4/c1-12(27-15-4-5-16-17(7-15)26-11-25-16)18(24)20-8-13-10-23(22-21-13)14-3-2-6-19-9-14/h2-7,9-10,12H,8,11H2,1H3,(H,20,24)/t12-/m1/s1. The molecule has 0 saturated heterocycles. The van der Waals surface area contributed by atoms with Gasteiger partial charge >= 0.3 is 0 Å². The van der Waals surface area contributed by atoms with Gasteiger partial charge in [-0.2, -0.15) is 0 Å². The maximum absolute atomic E-state index is 12.3. The molecule has 2 aromatic heterocycles. The van der Waals surface area contributed by atoms with Gasteiger partial charge in [0, 0.05) is 12.3 Å². The van der Waals surface area contributed by atoms with Crippen LogP contribution in [-0.2, 0) is 11.3 Å². The third kappa shape index (κ3) is 3.81. The minimum absolute atomic E-state index is 0.189. The summed E-state index contributed by atoms with van der Waals surface area (Å²) in [6, 6.07) is 8.86. The van der Waals surface area contributed by atoms with Crippen LogP contribution >= 0.6 is 0 Å². The average Bonchev–Trinajstić information content (AvgIpc) is 3.35. The maximum Gasteiger partial charge on any atom is 0.261 e. The fraction of sp³-hybridized carbons (Fsp3) is 0.222. The molecule has 0 saturated carbocycles. The topological polar surface area (TPSA) is 100 Å². The Morgan fingerprint density at radius 3 is 3.07 bits per heavy atom. The Labute approximate surface area is 154 Å². The van der Waals surface area contributed by atoms with Gasteiger partial charge in [-0.1, -0.05) is 5.21 Å². The molecule has 138 valence electrons. The Bertz CT molecular complexity index is 944. The zero-order chi connectivity index (χ0) is 18.6. The Balaban J connectivity index is 1.32. The molecule has 1 amide bonds. The van der Waals surface area contributed by atoms with E-state index in [1.807, 2.05) is 12.1 Å². The molecular formula is C18H17N5O4. The number of hydrogen-bond acceptors (Lipinski definition) is 7. The van der Waals surface area contributed by atoms with Crippen LogP contribution in [0.3, 0.4) is 0 Å². The second-order valence-corrected chi connectivity index (χ2v) is 5.86. The zero-order valence-corrected chi connectivity index (χ0v) is 14.5. The number of ether oxygens (including phenoxy) is 3. The van der Waals surface area contributed by atoms with Gasteiger partial charge in [0.1, 0.15) is 11.4 Å². The highest BCUT2D eigenvalue weighted by atomic mass is 16.7. The summed E-state index contributed by atoms with van der Waals surface area (Å²) >= 11 is 0. The highest BCUT2D eigenvalue weighted by Crippen LogP contribution is 2.35. The summed E-state index contributed by atoms with van der Waals surface area (Å²) in [6.07, 6.45) is 4.42. The van der Waals surface area contributed by atoms with Crippen molar-refractivity contribution in [2.45, 2.75) is 19.6 Å². The molecule has 0 radical (unpaired) electrons. The van der Waals surface area contributed by atoms with Gasteiger partial charge in [0.15, 0.2) is 17.6 Å². The second-order valence-electron chi connectivity index (χ2n) is 5.86. The average molecular weight is 367 g/mol. The van der Waals surface area contributed by atoms with Gasteiger partial charge in [0.2, 0.25) is 6.79 Å². The summed E-state index contributed by atoms with van der Waals surface area (Å²) in [7, 11) is 0. The van der Waals surface area contributed by atoms with Gasteiger partial charge in [-0.15, -0.1) is 5.10 Å². The quantitative estimate of drug-likeness (QED) is 0.704. The number of nitrogens with one attached hydrogen (secondary N) is 1. The van der Waals surface area contributed by atoms with E-state index >= 15 is 0 Å². The van der Waals surface area contributed by atoms with E-state index < -0.39 is 6.10 Å². The van der Waals surface area contributed by atoms with Crippen LogP contribution in [0.25, 0.3) is 5.69 Å². The number of carbonyl (C=O) groups is 1. The largest absolute Gasteiger partial charge is 0.481 e. The Hall–Kier alpha value is -3.62. The monoisotopic (exact) mass is 367 g/mol. The van der Waals surface area contributed by atoms with Crippen LogP contribution in [0.1, 0.15) is 12.6 Å². The SMILES string of the molecule is C[C@@H](Oc1ccc2c(c1)OCO2)C(=O)NCc1cn(-c2cccnc2)nn1. The highest BCUT2D eigenvalue weighted by Gasteiger charge is 2.18. The number of rotatable bonds is 6. The number of fused-ring (bicyclic) bond motifs is 1. The second kappa shape index (κ2) is 7.32. The Kier molecular flexibility index (Phi) is 4.56. The van der Waals surface area contributed by atoms with E-state index in [0.717, 1.165) is 5.69 Å². The number of nitrogens with zero attached hydrogens (tertiary/aromatic N) is 4. The molecule has 1 N–H and O–H groups in total. The first-order chi connectivity index (χ1) is 13.2. The number of carbonyl (C=O) groups excluding carboxylic acids is 1. The van der Waals surface area contributed by atoms with Crippen molar-refractivity contribution in [3.63, 3.8) is 0 Å². The molecule has 3 heterocycles. The smallest absolute Gasteiger partial charge is 0.261 e. The van der Waals surface area contributed by atoms with Crippen molar-refractivity contribution in [1.82, 2.24) is 25.3 Å². The van der Waals surface area contributed by atoms with E-state index in [0.29, 0.717) is 22.9 Å². The molecule has 9 heteroatoms. The van der Waals surface area contributed by atoms with Crippen molar-refractivity contribution in [1.29, 1.82) is 0 Å². The minimum Gasteiger partial charge on any atom is -0.481 e. The van der Waals surface area contributed by atoms with Crippen molar-refractivity contribution < 1.29 is 19.0 Å². The van der Waals surface area contributed by atoms with Gasteiger partial charge in [-0.05, 0) is 31.2 Å². The summed E-state index contributed by atoms with van der Waals surface area (Å²) in [5.74, 6) is 1.54. The van der Waals surface area contributed by atoms with Crippen LogP contribution in [0, 0.1) is 0 Å². The van der Waals surface area contributed by atoms with E-state index in [1.54, 1.807) is 48.4 Å². The molecule has 0 unspecified atom stereocenters. The first kappa shape index (κ1) is 16.8. The normalized spacial score (nSPS) is 13.2. The molecule has 0 fully saturated rings. The van der Waals surface area contributed by atoms with E-state index in [2.05, 4.69) is 20.6 Å². The number of benzene rings is 1.